The van der Waals surface area contributed by atoms with Crippen molar-refractivity contribution < 1.29 is 13.2 Å². The summed E-state index contributed by atoms with van der Waals surface area (Å²) in [5.74, 6) is -0.474. The predicted octanol–water partition coefficient (Wildman–Crippen LogP) is 6.22. The third kappa shape index (κ3) is 4.97. The number of halogens is 1. The summed E-state index contributed by atoms with van der Waals surface area (Å²) in [7, 11) is -3.77. The number of carbonyl (C=O) groups excluding carboxylic acids is 1. The Kier molecular flexibility index (Phi) is 6.99. The molecule has 0 heterocycles. The molecular weight excluding hydrogens is 567 g/mol. The first-order chi connectivity index (χ1) is 17.7. The molecule has 0 aromatic heterocycles. The van der Waals surface area contributed by atoms with E-state index in [1.807, 2.05) is 67.6 Å². The van der Waals surface area contributed by atoms with Crippen LogP contribution in [0.25, 0.3) is 10.0 Å². The number of aryl methyl sites for hydroxylation is 1. The topological polar surface area (TPSA) is 51.2 Å². The van der Waals surface area contributed by atoms with Gasteiger partial charge in [-0.05, 0) is 0 Å². The average molecular weight is 592 g/mol. The van der Waals surface area contributed by atoms with Gasteiger partial charge in [-0.2, -0.15) is 0 Å². The molecule has 6 heteroatoms. The molecule has 1 atom stereocenters. The Bertz CT molecular complexity index is 1610. The first kappa shape index (κ1) is 25.7. The van der Waals surface area contributed by atoms with Gasteiger partial charge in [-0.1, -0.05) is 0 Å². The van der Waals surface area contributed by atoms with Crippen molar-refractivity contribution in [3.05, 3.63) is 130 Å². The molecule has 0 radical (unpaired) electrons. The molecule has 0 saturated carbocycles. The van der Waals surface area contributed by atoms with Crippen molar-refractivity contribution in [1.29, 1.82) is 0 Å². The summed E-state index contributed by atoms with van der Waals surface area (Å²) in [5, 5.41) is 0.618. The van der Waals surface area contributed by atoms with Crippen LogP contribution < -0.4 is 4.46 Å². The van der Waals surface area contributed by atoms with Gasteiger partial charge in [0.05, 0.1) is 0 Å². The molecule has 0 amide bonds. The predicted molar refractivity (Wildman–Crippen MR) is 152 cm³/mol. The number of carbonyl (C=O) groups is 1. The zero-order valence-electron chi connectivity index (χ0n) is 20.4. The second kappa shape index (κ2) is 10.1. The Morgan fingerprint density at radius 2 is 1.41 bits per heavy atom. The van der Waals surface area contributed by atoms with E-state index in [0.717, 1.165) is 31.2 Å². The first-order valence-corrected chi connectivity index (χ1v) is 15.6. The fourth-order valence-corrected chi connectivity index (χ4v) is 9.23. The van der Waals surface area contributed by atoms with E-state index in [9.17, 15) is 13.2 Å². The van der Waals surface area contributed by atoms with Crippen LogP contribution in [0.4, 0.5) is 0 Å². The summed E-state index contributed by atoms with van der Waals surface area (Å²) in [6, 6.07) is 32.0. The van der Waals surface area contributed by atoms with Gasteiger partial charge < -0.3 is 0 Å². The van der Waals surface area contributed by atoms with Crippen LogP contribution in [0, 0.1) is 12.3 Å². The Labute approximate surface area is 229 Å². The Morgan fingerprint density at radius 1 is 0.811 bits per heavy atom. The number of sulfone groups is 1. The maximum absolute atomic E-state index is 14.0. The van der Waals surface area contributed by atoms with Crippen molar-refractivity contribution in [2.75, 3.05) is 5.75 Å². The van der Waals surface area contributed by atoms with Gasteiger partial charge in [0.2, 0.25) is 0 Å². The van der Waals surface area contributed by atoms with Gasteiger partial charge in [0, 0.05) is 0 Å². The monoisotopic (exact) mass is 592 g/mol. The third-order valence-corrected chi connectivity index (χ3v) is 11.3. The molecule has 1 aliphatic rings. The SMILES string of the molecule is Cc1ccc(S(=O)(=O)C[C@]2(C)C(=O)c3ccccc3/C2=C(/[Se]c2ccccc2)c2ccc(Cl)cc2)cc1. The first-order valence-electron chi connectivity index (χ1n) is 11.9. The van der Waals surface area contributed by atoms with Gasteiger partial charge in [0.25, 0.3) is 0 Å². The molecular formula is C31H25ClO3SSe. The molecule has 37 heavy (non-hydrogen) atoms. The molecule has 0 N–H and O–H groups in total. The molecule has 5 rings (SSSR count). The van der Waals surface area contributed by atoms with E-state index >= 15 is 0 Å². The summed E-state index contributed by atoms with van der Waals surface area (Å²) >= 11 is 6.02. The fourth-order valence-electron chi connectivity index (χ4n) is 4.79. The molecule has 3 nitrogen and oxygen atoms in total. The molecule has 4 aromatic carbocycles. The van der Waals surface area contributed by atoms with Gasteiger partial charge in [-0.15, -0.1) is 0 Å². The zero-order chi connectivity index (χ0) is 26.2. The van der Waals surface area contributed by atoms with Gasteiger partial charge in [-0.3, -0.25) is 0 Å². The number of hydrogen-bond donors (Lipinski definition) is 0. The molecule has 186 valence electrons. The molecule has 1 aliphatic carbocycles. The van der Waals surface area contributed by atoms with E-state index in [-0.39, 0.29) is 31.4 Å². The van der Waals surface area contributed by atoms with Gasteiger partial charge in [0.1, 0.15) is 0 Å². The number of ketones is 1. The van der Waals surface area contributed by atoms with Crippen molar-refractivity contribution in [3.8, 4) is 0 Å². The fraction of sp³-hybridized carbons (Fsp3) is 0.129. The quantitative estimate of drug-likeness (QED) is 0.250. The van der Waals surface area contributed by atoms with Crippen molar-refractivity contribution >= 4 is 56.7 Å². The zero-order valence-corrected chi connectivity index (χ0v) is 23.7. The number of fused-ring (bicyclic) bond motifs is 1. The summed E-state index contributed by atoms with van der Waals surface area (Å²) in [6.45, 7) is 3.70. The van der Waals surface area contributed by atoms with Crippen molar-refractivity contribution in [2.24, 2.45) is 5.41 Å². The second-order valence-electron chi connectivity index (χ2n) is 9.41. The van der Waals surface area contributed by atoms with Gasteiger partial charge >= 0.3 is 230 Å². The summed E-state index contributed by atoms with van der Waals surface area (Å²) in [4.78, 5) is 14.2. The van der Waals surface area contributed by atoms with Crippen LogP contribution in [-0.2, 0) is 9.84 Å². The van der Waals surface area contributed by atoms with Crippen molar-refractivity contribution in [2.45, 2.75) is 18.7 Å². The molecule has 0 aliphatic heterocycles. The third-order valence-electron chi connectivity index (χ3n) is 6.65. The summed E-state index contributed by atoms with van der Waals surface area (Å²) < 4.78 is 29.6. The minimum atomic E-state index is -3.77. The summed E-state index contributed by atoms with van der Waals surface area (Å²) in [6.07, 6.45) is 0. The van der Waals surface area contributed by atoms with Crippen LogP contribution in [0.1, 0.15) is 34.0 Å². The van der Waals surface area contributed by atoms with E-state index in [2.05, 4.69) is 12.1 Å². The Hall–Kier alpha value is -2.95. The number of Topliss-reactive ketones (excluding diaryl/α,β-unsaturated/α-hetero) is 1. The van der Waals surface area contributed by atoms with Crippen LogP contribution >= 0.6 is 11.6 Å². The van der Waals surface area contributed by atoms with E-state index < -0.39 is 15.3 Å². The van der Waals surface area contributed by atoms with Crippen LogP contribution in [0.15, 0.2) is 108 Å². The van der Waals surface area contributed by atoms with E-state index in [0.29, 0.717) is 10.6 Å². The summed E-state index contributed by atoms with van der Waals surface area (Å²) in [5.41, 5.74) is 2.82. The number of allylic oxidation sites excluding steroid dienone is 1. The molecule has 0 fully saturated rings. The van der Waals surface area contributed by atoms with Crippen molar-refractivity contribution in [1.82, 2.24) is 0 Å². The van der Waals surface area contributed by atoms with Crippen LogP contribution in [0.3, 0.4) is 0 Å². The Morgan fingerprint density at radius 3 is 2.05 bits per heavy atom. The maximum atomic E-state index is 14.0. The molecule has 0 bridgehead atoms. The number of rotatable bonds is 6. The number of hydrogen-bond acceptors (Lipinski definition) is 3. The molecule has 0 unspecified atom stereocenters. The standard InChI is InChI=1S/C31H25ClO3SSe/c1-21-12-18-24(19-13-21)36(34,35)20-31(2)28(26-10-6-7-11-27(26)30(31)33)29(22-14-16-23(32)17-15-22)37-25-8-4-3-5-9-25/h3-19H,20H2,1-2H3/b29-28-/t31-/m0/s1. The van der Waals surface area contributed by atoms with E-state index in [1.54, 1.807) is 37.3 Å². The molecule has 0 spiro atoms. The number of benzene rings is 4. The van der Waals surface area contributed by atoms with Crippen LogP contribution in [-0.4, -0.2) is 34.9 Å². The molecule has 0 saturated heterocycles. The van der Waals surface area contributed by atoms with E-state index in [1.165, 1.54) is 0 Å². The van der Waals surface area contributed by atoms with Gasteiger partial charge in [0.15, 0.2) is 0 Å². The van der Waals surface area contributed by atoms with Gasteiger partial charge in [-0.25, -0.2) is 0 Å². The van der Waals surface area contributed by atoms with E-state index in [4.69, 9.17) is 11.6 Å². The average Bonchev–Trinajstić information content (AvgIpc) is 3.10. The van der Waals surface area contributed by atoms with Crippen molar-refractivity contribution in [3.63, 3.8) is 0 Å². The van der Waals surface area contributed by atoms with Crippen LogP contribution in [0.5, 0.6) is 0 Å². The normalized spacial score (nSPS) is 18.5. The van der Waals surface area contributed by atoms with Crippen LogP contribution in [0.2, 0.25) is 5.02 Å². The Balaban J connectivity index is 1.76. The second-order valence-corrected chi connectivity index (χ2v) is 14.1. The molecule has 4 aromatic rings. The minimum absolute atomic E-state index is 0.163.